The van der Waals surface area contributed by atoms with Crippen molar-refractivity contribution in [1.29, 1.82) is 0 Å². The molecule has 2 rings (SSSR count). The van der Waals surface area contributed by atoms with Gasteiger partial charge in [-0.15, -0.1) is 0 Å². The molecular formula is C14H21N3O2. The van der Waals surface area contributed by atoms with Crippen molar-refractivity contribution in [2.45, 2.75) is 25.8 Å². The standard InChI is InChI=1S/C14H21N3O2/c1-2-17-7-3-4-11(9-17)16-14(19)10-5-6-12(15)13(18)8-10/h5-6,8,11,18H,2-4,7,9,15H2,1H3,(H,16,19). The van der Waals surface area contributed by atoms with Crippen LogP contribution in [0.15, 0.2) is 18.2 Å². The van der Waals surface area contributed by atoms with Gasteiger partial charge in [0.05, 0.1) is 5.69 Å². The zero-order valence-electron chi connectivity index (χ0n) is 11.2. The van der Waals surface area contributed by atoms with Crippen LogP contribution in [-0.4, -0.2) is 41.6 Å². The Morgan fingerprint density at radius 1 is 1.58 bits per heavy atom. The van der Waals surface area contributed by atoms with E-state index in [1.54, 1.807) is 12.1 Å². The fraction of sp³-hybridized carbons (Fsp3) is 0.500. The second kappa shape index (κ2) is 5.93. The summed E-state index contributed by atoms with van der Waals surface area (Å²) in [6.45, 7) is 5.13. The van der Waals surface area contributed by atoms with Crippen molar-refractivity contribution >= 4 is 11.6 Å². The predicted octanol–water partition coefficient (Wildman–Crippen LogP) is 1.19. The van der Waals surface area contributed by atoms with E-state index in [1.165, 1.54) is 6.07 Å². The van der Waals surface area contributed by atoms with Crippen LogP contribution in [-0.2, 0) is 0 Å². The molecule has 1 aliphatic rings. The number of nitrogens with zero attached hydrogens (tertiary/aromatic N) is 1. The molecule has 1 amide bonds. The van der Waals surface area contributed by atoms with Gasteiger partial charge in [0.15, 0.2) is 0 Å². The first-order chi connectivity index (χ1) is 9.10. The Morgan fingerprint density at radius 3 is 3.05 bits per heavy atom. The molecule has 1 aromatic rings. The highest BCUT2D eigenvalue weighted by molar-refractivity contribution is 5.95. The molecular weight excluding hydrogens is 242 g/mol. The maximum Gasteiger partial charge on any atom is 0.251 e. The quantitative estimate of drug-likeness (QED) is 0.565. The number of amides is 1. The maximum atomic E-state index is 12.1. The van der Waals surface area contributed by atoms with Crippen LogP contribution in [0.3, 0.4) is 0 Å². The van der Waals surface area contributed by atoms with E-state index in [2.05, 4.69) is 17.1 Å². The zero-order chi connectivity index (χ0) is 13.8. The average molecular weight is 263 g/mol. The molecule has 1 aliphatic heterocycles. The van der Waals surface area contributed by atoms with Gasteiger partial charge in [0.25, 0.3) is 5.91 Å². The molecule has 4 N–H and O–H groups in total. The molecule has 0 aromatic heterocycles. The van der Waals surface area contributed by atoms with Crippen LogP contribution < -0.4 is 11.1 Å². The minimum atomic E-state index is -0.154. The molecule has 0 aliphatic carbocycles. The maximum absolute atomic E-state index is 12.1. The van der Waals surface area contributed by atoms with Crippen molar-refractivity contribution in [3.8, 4) is 5.75 Å². The number of hydrogen-bond donors (Lipinski definition) is 3. The van der Waals surface area contributed by atoms with Crippen molar-refractivity contribution in [2.24, 2.45) is 0 Å². The van der Waals surface area contributed by atoms with Crippen LogP contribution in [0.25, 0.3) is 0 Å². The molecule has 0 saturated carbocycles. The first-order valence-corrected chi connectivity index (χ1v) is 6.72. The Labute approximate surface area is 113 Å². The number of nitrogens with one attached hydrogen (secondary N) is 1. The number of likely N-dealkylation sites (tertiary alicyclic amines) is 1. The molecule has 1 heterocycles. The summed E-state index contributed by atoms with van der Waals surface area (Å²) in [5, 5.41) is 12.5. The number of piperidine rings is 1. The lowest BCUT2D eigenvalue weighted by Gasteiger charge is -2.32. The van der Waals surface area contributed by atoms with E-state index < -0.39 is 0 Å². The highest BCUT2D eigenvalue weighted by Crippen LogP contribution is 2.20. The van der Waals surface area contributed by atoms with Crippen molar-refractivity contribution in [3.05, 3.63) is 23.8 Å². The summed E-state index contributed by atoms with van der Waals surface area (Å²) >= 11 is 0. The third kappa shape index (κ3) is 3.38. The average Bonchev–Trinajstić information content (AvgIpc) is 2.42. The van der Waals surface area contributed by atoms with Gasteiger partial charge in [0, 0.05) is 18.2 Å². The molecule has 5 nitrogen and oxygen atoms in total. The van der Waals surface area contributed by atoms with Crippen molar-refractivity contribution in [2.75, 3.05) is 25.4 Å². The number of nitrogen functional groups attached to an aromatic ring is 1. The number of hydrogen-bond acceptors (Lipinski definition) is 4. The largest absolute Gasteiger partial charge is 0.506 e. The summed E-state index contributed by atoms with van der Waals surface area (Å²) in [5.74, 6) is -0.204. The monoisotopic (exact) mass is 263 g/mol. The molecule has 1 atom stereocenters. The summed E-state index contributed by atoms with van der Waals surface area (Å²) in [6, 6.07) is 4.76. The lowest BCUT2D eigenvalue weighted by Crippen LogP contribution is -2.47. The fourth-order valence-corrected chi connectivity index (χ4v) is 2.41. The van der Waals surface area contributed by atoms with Crippen LogP contribution in [0.1, 0.15) is 30.1 Å². The van der Waals surface area contributed by atoms with Crippen molar-refractivity contribution in [3.63, 3.8) is 0 Å². The minimum Gasteiger partial charge on any atom is -0.506 e. The highest BCUT2D eigenvalue weighted by atomic mass is 16.3. The zero-order valence-corrected chi connectivity index (χ0v) is 11.2. The number of phenols is 1. The van der Waals surface area contributed by atoms with E-state index in [9.17, 15) is 9.90 Å². The summed E-state index contributed by atoms with van der Waals surface area (Å²) < 4.78 is 0. The van der Waals surface area contributed by atoms with Crippen molar-refractivity contribution < 1.29 is 9.90 Å². The predicted molar refractivity (Wildman–Crippen MR) is 75.1 cm³/mol. The Morgan fingerprint density at radius 2 is 2.37 bits per heavy atom. The molecule has 5 heteroatoms. The number of benzene rings is 1. The lowest BCUT2D eigenvalue weighted by molar-refractivity contribution is 0.0905. The second-order valence-electron chi connectivity index (χ2n) is 4.98. The van der Waals surface area contributed by atoms with Gasteiger partial charge in [-0.1, -0.05) is 6.92 Å². The second-order valence-corrected chi connectivity index (χ2v) is 4.98. The molecule has 1 fully saturated rings. The number of phenolic OH excluding ortho intramolecular Hbond substituents is 1. The van der Waals surface area contributed by atoms with Gasteiger partial charge in [-0.3, -0.25) is 4.79 Å². The van der Waals surface area contributed by atoms with E-state index in [-0.39, 0.29) is 23.4 Å². The molecule has 0 spiro atoms. The normalized spacial score (nSPS) is 20.2. The molecule has 0 radical (unpaired) electrons. The van der Waals surface area contributed by atoms with Gasteiger partial charge in [-0.05, 0) is 44.1 Å². The van der Waals surface area contributed by atoms with Gasteiger partial charge in [0.1, 0.15) is 5.75 Å². The molecule has 1 saturated heterocycles. The van der Waals surface area contributed by atoms with E-state index in [0.29, 0.717) is 5.56 Å². The van der Waals surface area contributed by atoms with Gasteiger partial charge in [0.2, 0.25) is 0 Å². The number of carbonyl (C=O) groups is 1. The summed E-state index contributed by atoms with van der Waals surface area (Å²) in [7, 11) is 0. The number of nitrogens with two attached hydrogens (primary N) is 1. The number of likely N-dealkylation sites (N-methyl/N-ethyl adjacent to an activating group) is 1. The lowest BCUT2D eigenvalue weighted by atomic mass is 10.0. The van der Waals surface area contributed by atoms with E-state index in [0.717, 1.165) is 32.5 Å². The Bertz CT molecular complexity index is 462. The van der Waals surface area contributed by atoms with E-state index >= 15 is 0 Å². The van der Waals surface area contributed by atoms with Crippen LogP contribution >= 0.6 is 0 Å². The van der Waals surface area contributed by atoms with Crippen LogP contribution in [0, 0.1) is 0 Å². The third-order valence-corrected chi connectivity index (χ3v) is 3.58. The topological polar surface area (TPSA) is 78.6 Å². The molecule has 104 valence electrons. The summed E-state index contributed by atoms with van der Waals surface area (Å²) in [4.78, 5) is 14.4. The first kappa shape index (κ1) is 13.7. The number of rotatable bonds is 3. The highest BCUT2D eigenvalue weighted by Gasteiger charge is 2.21. The van der Waals surface area contributed by atoms with Crippen LogP contribution in [0.4, 0.5) is 5.69 Å². The third-order valence-electron chi connectivity index (χ3n) is 3.58. The molecule has 1 unspecified atom stereocenters. The molecule has 0 bridgehead atoms. The minimum absolute atomic E-state index is 0.0496. The fourth-order valence-electron chi connectivity index (χ4n) is 2.41. The van der Waals surface area contributed by atoms with Crippen LogP contribution in [0.5, 0.6) is 5.75 Å². The Kier molecular flexibility index (Phi) is 4.27. The Hall–Kier alpha value is -1.75. The summed E-state index contributed by atoms with van der Waals surface area (Å²) in [6.07, 6.45) is 2.11. The molecule has 19 heavy (non-hydrogen) atoms. The molecule has 1 aromatic carbocycles. The van der Waals surface area contributed by atoms with Crippen molar-refractivity contribution in [1.82, 2.24) is 10.2 Å². The van der Waals surface area contributed by atoms with E-state index in [1.807, 2.05) is 0 Å². The SMILES string of the molecule is CCN1CCCC(NC(=O)c2ccc(N)c(O)c2)C1. The number of anilines is 1. The smallest absolute Gasteiger partial charge is 0.251 e. The van der Waals surface area contributed by atoms with Gasteiger partial charge >= 0.3 is 0 Å². The number of aromatic hydroxyl groups is 1. The van der Waals surface area contributed by atoms with Gasteiger partial charge in [-0.2, -0.15) is 0 Å². The van der Waals surface area contributed by atoms with Crippen LogP contribution in [0.2, 0.25) is 0 Å². The van der Waals surface area contributed by atoms with Gasteiger partial charge < -0.3 is 21.1 Å². The first-order valence-electron chi connectivity index (χ1n) is 6.72. The Balaban J connectivity index is 1.98. The van der Waals surface area contributed by atoms with Gasteiger partial charge in [-0.25, -0.2) is 0 Å². The number of carbonyl (C=O) groups excluding carboxylic acids is 1. The summed E-state index contributed by atoms with van der Waals surface area (Å²) in [5.41, 5.74) is 6.25. The van der Waals surface area contributed by atoms with E-state index in [4.69, 9.17) is 5.73 Å².